The van der Waals surface area contributed by atoms with E-state index in [0.29, 0.717) is 50.6 Å². The van der Waals surface area contributed by atoms with Crippen LogP contribution in [-0.4, -0.2) is 59.3 Å². The molecule has 2 aliphatic rings. The number of anilines is 1. The fourth-order valence-electron chi connectivity index (χ4n) is 4.14. The van der Waals surface area contributed by atoms with E-state index in [-0.39, 0.29) is 24.2 Å². The molecule has 2 saturated heterocycles. The molecule has 2 fully saturated rings. The van der Waals surface area contributed by atoms with Crippen LogP contribution in [-0.2, 0) is 16.1 Å². The molecule has 7 heteroatoms. The number of piperazine rings is 1. The van der Waals surface area contributed by atoms with Crippen LogP contribution >= 0.6 is 0 Å². The summed E-state index contributed by atoms with van der Waals surface area (Å²) in [6, 6.07) is 13.8. The van der Waals surface area contributed by atoms with Crippen molar-refractivity contribution in [3.8, 4) is 6.07 Å². The average Bonchev–Trinajstić information content (AvgIpc) is 3.15. The summed E-state index contributed by atoms with van der Waals surface area (Å²) in [6.07, 6.45) is 1.96. The molecule has 0 spiro atoms. The number of hydrogen-bond acceptors (Lipinski definition) is 5. The maximum absolute atomic E-state index is 13.0. The molecular formula is C23H25N5O2. The predicted octanol–water partition coefficient (Wildman–Crippen LogP) is 1.96. The van der Waals surface area contributed by atoms with Gasteiger partial charge in [-0.1, -0.05) is 29.8 Å². The van der Waals surface area contributed by atoms with E-state index in [4.69, 9.17) is 0 Å². The van der Waals surface area contributed by atoms with Gasteiger partial charge in [-0.3, -0.25) is 9.59 Å². The normalized spacial score (nSPS) is 19.1. The zero-order valence-electron chi connectivity index (χ0n) is 17.1. The van der Waals surface area contributed by atoms with E-state index in [1.165, 1.54) is 5.56 Å². The van der Waals surface area contributed by atoms with Crippen molar-refractivity contribution in [3.63, 3.8) is 0 Å². The Morgan fingerprint density at radius 2 is 1.90 bits per heavy atom. The lowest BCUT2D eigenvalue weighted by molar-refractivity contribution is -0.136. The maximum atomic E-state index is 13.0. The Kier molecular flexibility index (Phi) is 5.66. The quantitative estimate of drug-likeness (QED) is 0.780. The van der Waals surface area contributed by atoms with Gasteiger partial charge in [-0.15, -0.1) is 0 Å². The first-order valence-electron chi connectivity index (χ1n) is 10.3. The zero-order chi connectivity index (χ0) is 21.1. The number of hydrogen-bond donors (Lipinski definition) is 0. The molecule has 0 saturated carbocycles. The molecule has 4 rings (SSSR count). The topological polar surface area (TPSA) is 80.5 Å². The van der Waals surface area contributed by atoms with Gasteiger partial charge in [0, 0.05) is 51.9 Å². The summed E-state index contributed by atoms with van der Waals surface area (Å²) in [5.41, 5.74) is 2.82. The van der Waals surface area contributed by atoms with Gasteiger partial charge in [-0.25, -0.2) is 4.98 Å². The third-order valence-electron chi connectivity index (χ3n) is 5.86. The molecule has 0 N–H and O–H groups in total. The summed E-state index contributed by atoms with van der Waals surface area (Å²) in [4.78, 5) is 35.5. The van der Waals surface area contributed by atoms with Crippen molar-refractivity contribution in [2.24, 2.45) is 5.92 Å². The summed E-state index contributed by atoms with van der Waals surface area (Å²) in [5.74, 6) is 0.488. The van der Waals surface area contributed by atoms with E-state index in [1.54, 1.807) is 23.2 Å². The lowest BCUT2D eigenvalue weighted by atomic mass is 10.1. The molecule has 30 heavy (non-hydrogen) atoms. The number of nitriles is 1. The Bertz CT molecular complexity index is 974. The number of aromatic nitrogens is 1. The van der Waals surface area contributed by atoms with Gasteiger partial charge in [0.05, 0.1) is 11.5 Å². The van der Waals surface area contributed by atoms with Gasteiger partial charge in [0.1, 0.15) is 11.9 Å². The van der Waals surface area contributed by atoms with Crippen LogP contribution in [0, 0.1) is 24.2 Å². The number of nitrogens with zero attached hydrogens (tertiary/aromatic N) is 5. The SMILES string of the molecule is Cc1ccc(CN2CC(C(=O)N3CCN(c4ncccc4C#N)CC3)CC2=O)cc1. The summed E-state index contributed by atoms with van der Waals surface area (Å²) >= 11 is 0. The summed E-state index contributed by atoms with van der Waals surface area (Å²) in [7, 11) is 0. The summed E-state index contributed by atoms with van der Waals surface area (Å²) in [5, 5.41) is 9.28. The highest BCUT2D eigenvalue weighted by molar-refractivity contribution is 5.89. The molecule has 1 aromatic carbocycles. The molecule has 2 aliphatic heterocycles. The van der Waals surface area contributed by atoms with Crippen molar-refractivity contribution in [1.29, 1.82) is 5.26 Å². The molecule has 2 amide bonds. The van der Waals surface area contributed by atoms with Crippen LogP contribution in [0.25, 0.3) is 0 Å². The molecule has 0 radical (unpaired) electrons. The molecule has 0 bridgehead atoms. The predicted molar refractivity (Wildman–Crippen MR) is 112 cm³/mol. The number of benzene rings is 1. The first-order chi connectivity index (χ1) is 14.5. The fraction of sp³-hybridized carbons (Fsp3) is 0.391. The van der Waals surface area contributed by atoms with Crippen molar-refractivity contribution >= 4 is 17.6 Å². The Hall–Kier alpha value is -3.40. The number of aryl methyl sites for hydroxylation is 1. The minimum absolute atomic E-state index is 0.0414. The third-order valence-corrected chi connectivity index (χ3v) is 5.86. The number of amides is 2. The highest BCUT2D eigenvalue weighted by Crippen LogP contribution is 2.24. The second-order valence-electron chi connectivity index (χ2n) is 7.96. The van der Waals surface area contributed by atoms with Gasteiger partial charge in [-0.05, 0) is 24.6 Å². The lowest BCUT2D eigenvalue weighted by Gasteiger charge is -2.36. The monoisotopic (exact) mass is 403 g/mol. The number of pyridine rings is 1. The molecule has 2 aromatic rings. The Morgan fingerprint density at radius 1 is 1.17 bits per heavy atom. The van der Waals surface area contributed by atoms with Gasteiger partial charge >= 0.3 is 0 Å². The van der Waals surface area contributed by atoms with Gasteiger partial charge in [-0.2, -0.15) is 5.26 Å². The van der Waals surface area contributed by atoms with E-state index >= 15 is 0 Å². The van der Waals surface area contributed by atoms with Gasteiger partial charge in [0.2, 0.25) is 11.8 Å². The minimum Gasteiger partial charge on any atom is -0.352 e. The molecule has 1 aromatic heterocycles. The first kappa shape index (κ1) is 19.9. The van der Waals surface area contributed by atoms with Crippen LogP contribution in [0.1, 0.15) is 23.1 Å². The minimum atomic E-state index is -0.279. The lowest BCUT2D eigenvalue weighted by Crippen LogP contribution is -2.51. The largest absolute Gasteiger partial charge is 0.352 e. The van der Waals surface area contributed by atoms with E-state index in [1.807, 2.05) is 41.0 Å². The van der Waals surface area contributed by atoms with Gasteiger partial charge in [0.15, 0.2) is 0 Å². The molecular weight excluding hydrogens is 378 g/mol. The summed E-state index contributed by atoms with van der Waals surface area (Å²) < 4.78 is 0. The molecule has 1 atom stereocenters. The van der Waals surface area contributed by atoms with Crippen molar-refractivity contribution in [2.75, 3.05) is 37.6 Å². The summed E-state index contributed by atoms with van der Waals surface area (Å²) in [6.45, 7) is 5.47. The van der Waals surface area contributed by atoms with Crippen LogP contribution in [0.15, 0.2) is 42.6 Å². The van der Waals surface area contributed by atoms with Crippen molar-refractivity contribution in [2.45, 2.75) is 19.9 Å². The highest BCUT2D eigenvalue weighted by Gasteiger charge is 2.37. The van der Waals surface area contributed by atoms with Crippen LogP contribution in [0.4, 0.5) is 5.82 Å². The van der Waals surface area contributed by atoms with Gasteiger partial charge in [0.25, 0.3) is 0 Å². The van der Waals surface area contributed by atoms with Crippen LogP contribution in [0.5, 0.6) is 0 Å². The Labute approximate surface area is 176 Å². The van der Waals surface area contributed by atoms with Crippen molar-refractivity contribution < 1.29 is 9.59 Å². The Balaban J connectivity index is 1.34. The Morgan fingerprint density at radius 3 is 2.60 bits per heavy atom. The molecule has 0 aliphatic carbocycles. The standard InChI is InChI=1S/C23H25N5O2/c1-17-4-6-18(7-5-17)15-28-16-20(13-21(28)29)23(30)27-11-9-26(10-12-27)22-19(14-24)3-2-8-25-22/h2-8,20H,9-13,15-16H2,1H3. The number of carbonyl (C=O) groups is 2. The van der Waals surface area contributed by atoms with Crippen molar-refractivity contribution in [3.05, 3.63) is 59.3 Å². The number of likely N-dealkylation sites (tertiary alicyclic amines) is 1. The highest BCUT2D eigenvalue weighted by atomic mass is 16.2. The third kappa shape index (κ3) is 4.13. The fourth-order valence-corrected chi connectivity index (χ4v) is 4.14. The molecule has 7 nitrogen and oxygen atoms in total. The second kappa shape index (κ2) is 8.54. The zero-order valence-corrected chi connectivity index (χ0v) is 17.1. The first-order valence-corrected chi connectivity index (χ1v) is 10.3. The van der Waals surface area contributed by atoms with Crippen LogP contribution in [0.2, 0.25) is 0 Å². The molecule has 3 heterocycles. The maximum Gasteiger partial charge on any atom is 0.228 e. The number of rotatable bonds is 4. The van der Waals surface area contributed by atoms with E-state index in [2.05, 4.69) is 11.1 Å². The smallest absolute Gasteiger partial charge is 0.228 e. The van der Waals surface area contributed by atoms with Crippen LogP contribution < -0.4 is 4.90 Å². The van der Waals surface area contributed by atoms with Crippen molar-refractivity contribution in [1.82, 2.24) is 14.8 Å². The van der Waals surface area contributed by atoms with Gasteiger partial charge < -0.3 is 14.7 Å². The molecule has 154 valence electrons. The average molecular weight is 403 g/mol. The van der Waals surface area contributed by atoms with E-state index < -0.39 is 0 Å². The van der Waals surface area contributed by atoms with Crippen LogP contribution in [0.3, 0.4) is 0 Å². The molecule has 1 unspecified atom stereocenters. The van der Waals surface area contributed by atoms with E-state index in [9.17, 15) is 14.9 Å². The van der Waals surface area contributed by atoms with E-state index in [0.717, 1.165) is 5.56 Å². The second-order valence-corrected chi connectivity index (χ2v) is 7.96. The number of carbonyl (C=O) groups excluding carboxylic acids is 2.